The largest absolute Gasteiger partial charge is 0.322 e. The van der Waals surface area contributed by atoms with E-state index in [0.717, 1.165) is 41.6 Å². The molecule has 2 heterocycles. The summed E-state index contributed by atoms with van der Waals surface area (Å²) in [6.45, 7) is 9.91. The van der Waals surface area contributed by atoms with E-state index in [0.29, 0.717) is 19.1 Å². The molecule has 1 saturated carbocycles. The summed E-state index contributed by atoms with van der Waals surface area (Å²) in [5, 5.41) is 14.2. The van der Waals surface area contributed by atoms with Crippen LogP contribution in [-0.2, 0) is 19.5 Å². The van der Waals surface area contributed by atoms with Crippen LogP contribution in [0.5, 0.6) is 0 Å². The molecule has 2 aromatic carbocycles. The van der Waals surface area contributed by atoms with Gasteiger partial charge in [0.05, 0.1) is 12.1 Å². The Bertz CT molecular complexity index is 1400. The zero-order valence-electron chi connectivity index (χ0n) is 22.4. The Hall–Kier alpha value is -3.32. The number of nitrogens with zero attached hydrogens (tertiary/aromatic N) is 5. The summed E-state index contributed by atoms with van der Waals surface area (Å²) in [6.07, 6.45) is 5.63. The normalized spacial score (nSPS) is 15.3. The van der Waals surface area contributed by atoms with Crippen LogP contribution in [0.1, 0.15) is 86.6 Å². The van der Waals surface area contributed by atoms with Gasteiger partial charge in [0.2, 0.25) is 0 Å². The van der Waals surface area contributed by atoms with Gasteiger partial charge in [-0.3, -0.25) is 9.69 Å². The first-order valence-electron chi connectivity index (χ1n) is 13.6. The lowest BCUT2D eigenvalue weighted by atomic mass is 9.98. The topological polar surface area (TPSA) is 79.7 Å². The van der Waals surface area contributed by atoms with Gasteiger partial charge in [0, 0.05) is 24.2 Å². The molecule has 2 aromatic heterocycles. The van der Waals surface area contributed by atoms with Crippen molar-refractivity contribution in [3.63, 3.8) is 0 Å². The Labute approximate surface area is 218 Å². The summed E-state index contributed by atoms with van der Waals surface area (Å²) < 4.78 is 2.07. The van der Waals surface area contributed by atoms with Crippen LogP contribution >= 0.6 is 0 Å². The average molecular weight is 499 g/mol. The number of nitrogens with one attached hydrogen (secondary N) is 1. The average Bonchev–Trinajstić information content (AvgIpc) is 3.58. The summed E-state index contributed by atoms with van der Waals surface area (Å²) in [4.78, 5) is 18.7. The maximum absolute atomic E-state index is 13.2. The number of hydrogen-bond acceptors (Lipinski definition) is 5. The number of aromatic nitrogens is 5. The minimum absolute atomic E-state index is 0.0334. The molecule has 1 N–H and O–H groups in total. The molecule has 0 bridgehead atoms. The molecule has 5 rings (SSSR count). The standard InChI is InChI=1S/C30H38N6O/c1-5-22-14-15-27-24(16-22)17-25(30(37)31-27)19-35(18-23-12-10-21(4)11-13-23)28(20(2)3)29-32-33-34-36(29)26-8-6-7-9-26/h10-17,20,26,28H,5-9,18-19H2,1-4H3,(H,31,37). The van der Waals surface area contributed by atoms with Gasteiger partial charge in [-0.1, -0.05) is 69.5 Å². The van der Waals surface area contributed by atoms with E-state index in [9.17, 15) is 4.79 Å². The molecule has 0 radical (unpaired) electrons. The maximum atomic E-state index is 13.2. The lowest BCUT2D eigenvalue weighted by molar-refractivity contribution is 0.123. The van der Waals surface area contributed by atoms with Crippen LogP contribution in [-0.4, -0.2) is 30.1 Å². The van der Waals surface area contributed by atoms with Crippen LogP contribution in [0, 0.1) is 12.8 Å². The quantitative estimate of drug-likeness (QED) is 0.311. The number of hydrogen-bond donors (Lipinski definition) is 1. The van der Waals surface area contributed by atoms with Gasteiger partial charge in [-0.05, 0) is 77.2 Å². The molecule has 1 atom stereocenters. The summed E-state index contributed by atoms with van der Waals surface area (Å²) in [5.74, 6) is 1.15. The molecule has 0 amide bonds. The molecule has 37 heavy (non-hydrogen) atoms. The van der Waals surface area contributed by atoms with E-state index < -0.39 is 0 Å². The Kier molecular flexibility index (Phi) is 7.51. The van der Waals surface area contributed by atoms with Crippen molar-refractivity contribution in [2.75, 3.05) is 0 Å². The summed E-state index contributed by atoms with van der Waals surface area (Å²) in [7, 11) is 0. The molecule has 0 saturated heterocycles. The lowest BCUT2D eigenvalue weighted by Crippen LogP contribution is -2.35. The van der Waals surface area contributed by atoms with E-state index in [1.54, 1.807) is 0 Å². The van der Waals surface area contributed by atoms with Gasteiger partial charge >= 0.3 is 0 Å². The maximum Gasteiger partial charge on any atom is 0.252 e. The number of rotatable bonds is 9. The van der Waals surface area contributed by atoms with Gasteiger partial charge in [-0.2, -0.15) is 0 Å². The van der Waals surface area contributed by atoms with Crippen LogP contribution in [0.2, 0.25) is 0 Å². The monoisotopic (exact) mass is 498 g/mol. The second-order valence-electron chi connectivity index (χ2n) is 10.9. The number of aromatic amines is 1. The fraction of sp³-hybridized carbons (Fsp3) is 0.467. The molecular formula is C30H38N6O. The summed E-state index contributed by atoms with van der Waals surface area (Å²) in [6, 6.07) is 17.3. The summed E-state index contributed by atoms with van der Waals surface area (Å²) in [5.41, 5.74) is 5.31. The SMILES string of the molecule is CCc1ccc2[nH]c(=O)c(CN(Cc3ccc(C)cc3)C(c3nnnn3C3CCCC3)C(C)C)cc2c1. The third-order valence-electron chi connectivity index (χ3n) is 7.75. The van der Waals surface area contributed by atoms with Crippen LogP contribution in [0.4, 0.5) is 0 Å². The molecule has 194 valence electrons. The second-order valence-corrected chi connectivity index (χ2v) is 10.9. The van der Waals surface area contributed by atoms with Gasteiger partial charge in [0.25, 0.3) is 5.56 Å². The summed E-state index contributed by atoms with van der Waals surface area (Å²) >= 11 is 0. The predicted molar refractivity (Wildman–Crippen MR) is 147 cm³/mol. The van der Waals surface area contributed by atoms with Gasteiger partial charge in [0.15, 0.2) is 5.82 Å². The third-order valence-corrected chi connectivity index (χ3v) is 7.75. The van der Waals surface area contributed by atoms with Crippen molar-refractivity contribution in [1.29, 1.82) is 0 Å². The van der Waals surface area contributed by atoms with E-state index in [-0.39, 0.29) is 17.5 Å². The lowest BCUT2D eigenvalue weighted by Gasteiger charge is -2.34. The first-order valence-corrected chi connectivity index (χ1v) is 13.6. The van der Waals surface area contributed by atoms with Gasteiger partial charge in [0.1, 0.15) is 0 Å². The molecule has 0 spiro atoms. The number of H-pyrrole nitrogens is 1. The zero-order chi connectivity index (χ0) is 25.9. The van der Waals surface area contributed by atoms with Gasteiger partial charge in [-0.25, -0.2) is 4.68 Å². The molecular weight excluding hydrogens is 460 g/mol. The van der Waals surface area contributed by atoms with Crippen molar-refractivity contribution >= 4 is 10.9 Å². The number of tetrazole rings is 1. The van der Waals surface area contributed by atoms with Crippen LogP contribution in [0.25, 0.3) is 10.9 Å². The van der Waals surface area contributed by atoms with Crippen LogP contribution in [0.15, 0.2) is 53.3 Å². The first-order chi connectivity index (χ1) is 17.9. The fourth-order valence-corrected chi connectivity index (χ4v) is 5.73. The predicted octanol–water partition coefficient (Wildman–Crippen LogP) is 5.90. The van der Waals surface area contributed by atoms with Crippen molar-refractivity contribution in [2.45, 2.75) is 85.0 Å². The number of pyridine rings is 1. The molecule has 1 unspecified atom stereocenters. The molecule has 1 aliphatic rings. The van der Waals surface area contributed by atoms with E-state index in [1.165, 1.54) is 29.5 Å². The molecule has 7 heteroatoms. The van der Waals surface area contributed by atoms with Crippen molar-refractivity contribution in [3.05, 3.63) is 87.0 Å². The van der Waals surface area contributed by atoms with E-state index in [4.69, 9.17) is 0 Å². The zero-order valence-corrected chi connectivity index (χ0v) is 22.4. The van der Waals surface area contributed by atoms with Crippen LogP contribution in [0.3, 0.4) is 0 Å². The Balaban J connectivity index is 1.56. The Morgan fingerprint density at radius 3 is 2.46 bits per heavy atom. The third kappa shape index (κ3) is 5.52. The van der Waals surface area contributed by atoms with E-state index in [2.05, 4.69) is 100 Å². The Morgan fingerprint density at radius 2 is 1.76 bits per heavy atom. The highest BCUT2D eigenvalue weighted by molar-refractivity contribution is 5.79. The minimum atomic E-state index is -0.0384. The molecule has 4 aromatic rings. The number of benzene rings is 2. The second kappa shape index (κ2) is 11.0. The van der Waals surface area contributed by atoms with Crippen molar-refractivity contribution in [1.82, 2.24) is 30.1 Å². The highest BCUT2D eigenvalue weighted by Crippen LogP contribution is 2.35. The first kappa shape index (κ1) is 25.3. The fourth-order valence-electron chi connectivity index (χ4n) is 5.73. The molecule has 0 aliphatic heterocycles. The minimum Gasteiger partial charge on any atom is -0.322 e. The smallest absolute Gasteiger partial charge is 0.252 e. The van der Waals surface area contributed by atoms with Crippen molar-refractivity contribution in [3.8, 4) is 0 Å². The Morgan fingerprint density at radius 1 is 1.03 bits per heavy atom. The highest BCUT2D eigenvalue weighted by atomic mass is 16.1. The highest BCUT2D eigenvalue weighted by Gasteiger charge is 2.32. The van der Waals surface area contributed by atoms with Gasteiger partial charge < -0.3 is 4.98 Å². The van der Waals surface area contributed by atoms with E-state index in [1.807, 2.05) is 6.07 Å². The van der Waals surface area contributed by atoms with Gasteiger partial charge in [-0.15, -0.1) is 5.10 Å². The van der Waals surface area contributed by atoms with Crippen molar-refractivity contribution < 1.29 is 0 Å². The molecule has 7 nitrogen and oxygen atoms in total. The molecule has 1 aliphatic carbocycles. The number of fused-ring (bicyclic) bond motifs is 1. The van der Waals surface area contributed by atoms with Crippen LogP contribution < -0.4 is 5.56 Å². The van der Waals surface area contributed by atoms with Crippen molar-refractivity contribution in [2.24, 2.45) is 5.92 Å². The van der Waals surface area contributed by atoms with E-state index >= 15 is 0 Å². The molecule has 1 fully saturated rings. The number of aryl methyl sites for hydroxylation is 2.